The molecule has 2 aromatic rings. The molecule has 1 heterocycles. The number of ketones is 2. The summed E-state index contributed by atoms with van der Waals surface area (Å²) in [5, 5.41) is 0.268. The predicted molar refractivity (Wildman–Crippen MR) is 129 cm³/mol. The molecule has 0 atom stereocenters. The van der Waals surface area contributed by atoms with Gasteiger partial charge in [-0.25, -0.2) is 4.39 Å². The molecular weight excluding hydrogens is 471 g/mol. The first-order chi connectivity index (χ1) is 17.0. The van der Waals surface area contributed by atoms with Gasteiger partial charge in [-0.05, 0) is 43.5 Å². The van der Waals surface area contributed by atoms with Gasteiger partial charge in [-0.15, -0.1) is 0 Å². The van der Waals surface area contributed by atoms with Crippen LogP contribution in [0.25, 0.3) is 0 Å². The van der Waals surface area contributed by atoms with E-state index in [9.17, 15) is 14.0 Å². The summed E-state index contributed by atoms with van der Waals surface area (Å²) in [6.45, 7) is 2.17. The molecule has 0 aromatic heterocycles. The first-order valence-electron chi connectivity index (χ1n) is 12.0. The monoisotopic (exact) mass is 496 g/mol. The Balaban J connectivity index is 1.58. The van der Waals surface area contributed by atoms with Gasteiger partial charge in [0.1, 0.15) is 23.9 Å². The summed E-state index contributed by atoms with van der Waals surface area (Å²) in [5.74, 6) is 1.07. The quantitative estimate of drug-likeness (QED) is 0.451. The zero-order valence-corrected chi connectivity index (χ0v) is 20.3. The van der Waals surface area contributed by atoms with E-state index in [1.165, 1.54) is 6.07 Å². The number of Topliss-reactive ketones (excluding diaryl/α,β-unsaturated/α-hetero) is 2. The predicted octanol–water partition coefficient (Wildman–Crippen LogP) is 6.58. The Morgan fingerprint density at radius 1 is 0.971 bits per heavy atom. The molecule has 0 N–H and O–H groups in total. The van der Waals surface area contributed by atoms with E-state index in [1.54, 1.807) is 30.3 Å². The van der Waals surface area contributed by atoms with E-state index in [4.69, 9.17) is 25.8 Å². The molecule has 35 heavy (non-hydrogen) atoms. The van der Waals surface area contributed by atoms with Crippen molar-refractivity contribution in [3.8, 4) is 11.5 Å². The first-order valence-corrected chi connectivity index (χ1v) is 12.4. The maximum atomic E-state index is 14.1. The minimum absolute atomic E-state index is 0.00450. The number of hydrogen-bond donors (Lipinski definition) is 0. The fourth-order valence-electron chi connectivity index (χ4n) is 5.07. The largest absolute Gasteiger partial charge is 0.490 e. The Kier molecular flexibility index (Phi) is 6.65. The summed E-state index contributed by atoms with van der Waals surface area (Å²) >= 11 is 6.69. The summed E-state index contributed by atoms with van der Waals surface area (Å²) in [4.78, 5) is 26.1. The molecule has 0 amide bonds. The van der Waals surface area contributed by atoms with Crippen molar-refractivity contribution in [3.63, 3.8) is 0 Å². The van der Waals surface area contributed by atoms with Gasteiger partial charge < -0.3 is 14.2 Å². The molecule has 2 aliphatic carbocycles. The van der Waals surface area contributed by atoms with Crippen LogP contribution in [-0.4, -0.2) is 18.2 Å². The maximum absolute atomic E-state index is 14.1. The van der Waals surface area contributed by atoms with Gasteiger partial charge in [0.2, 0.25) is 0 Å². The van der Waals surface area contributed by atoms with Gasteiger partial charge in [0.05, 0.1) is 11.6 Å². The number of rotatable bonds is 6. The van der Waals surface area contributed by atoms with Crippen LogP contribution < -0.4 is 9.47 Å². The van der Waals surface area contributed by atoms with Crippen LogP contribution in [0.2, 0.25) is 5.02 Å². The second-order valence-corrected chi connectivity index (χ2v) is 9.31. The Morgan fingerprint density at radius 3 is 2.26 bits per heavy atom. The van der Waals surface area contributed by atoms with Crippen molar-refractivity contribution >= 4 is 23.2 Å². The highest BCUT2D eigenvalue weighted by molar-refractivity contribution is 6.32. The van der Waals surface area contributed by atoms with Gasteiger partial charge in [-0.1, -0.05) is 29.8 Å². The normalized spacial score (nSPS) is 18.3. The van der Waals surface area contributed by atoms with E-state index in [2.05, 4.69) is 0 Å². The van der Waals surface area contributed by atoms with Crippen LogP contribution in [0.3, 0.4) is 0 Å². The van der Waals surface area contributed by atoms with Crippen LogP contribution >= 0.6 is 11.6 Å². The standard InChI is InChI=1S/C28H26ClFO5/c1-2-33-24-14-17(13-18(29)28(24)34-15-16-7-3-4-8-19(16)30)25-26-20(31)9-5-11-22(26)35-23-12-6-10-21(32)27(23)25/h3-4,7-8,13-14,25H,2,5-6,9-12,15H2,1H3. The molecule has 0 unspecified atom stereocenters. The third-order valence-corrected chi connectivity index (χ3v) is 6.92. The highest BCUT2D eigenvalue weighted by atomic mass is 35.5. The average molecular weight is 497 g/mol. The summed E-state index contributed by atoms with van der Waals surface area (Å²) in [6, 6.07) is 9.87. The van der Waals surface area contributed by atoms with Crippen LogP contribution in [0, 0.1) is 5.82 Å². The molecular formula is C28H26ClFO5. The van der Waals surface area contributed by atoms with Crippen molar-refractivity contribution in [1.82, 2.24) is 0 Å². The molecule has 0 bridgehead atoms. The van der Waals surface area contributed by atoms with E-state index < -0.39 is 5.92 Å². The Hall–Kier alpha value is -3.12. The first kappa shape index (κ1) is 23.6. The number of allylic oxidation sites excluding steroid dienone is 4. The van der Waals surface area contributed by atoms with Crippen LogP contribution in [0.1, 0.15) is 62.5 Å². The second-order valence-electron chi connectivity index (χ2n) is 8.91. The molecule has 3 aliphatic rings. The van der Waals surface area contributed by atoms with Gasteiger partial charge in [-0.2, -0.15) is 0 Å². The Bertz CT molecular complexity index is 1220. The van der Waals surface area contributed by atoms with Crippen LogP contribution in [-0.2, 0) is 20.9 Å². The minimum atomic E-state index is -0.549. The molecule has 0 saturated heterocycles. The topological polar surface area (TPSA) is 61.8 Å². The minimum Gasteiger partial charge on any atom is -0.490 e. The number of carbonyl (C=O) groups excluding carboxylic acids is 2. The Morgan fingerprint density at radius 2 is 1.63 bits per heavy atom. The maximum Gasteiger partial charge on any atom is 0.180 e. The highest BCUT2D eigenvalue weighted by Gasteiger charge is 2.42. The third-order valence-electron chi connectivity index (χ3n) is 6.64. The lowest BCUT2D eigenvalue weighted by Gasteiger charge is -2.36. The smallest absolute Gasteiger partial charge is 0.180 e. The van der Waals surface area contributed by atoms with E-state index in [1.807, 2.05) is 6.92 Å². The van der Waals surface area contributed by atoms with Gasteiger partial charge >= 0.3 is 0 Å². The van der Waals surface area contributed by atoms with Gasteiger partial charge in [-0.3, -0.25) is 9.59 Å². The van der Waals surface area contributed by atoms with Gasteiger partial charge in [0.15, 0.2) is 23.1 Å². The molecule has 2 aromatic carbocycles. The molecule has 1 aliphatic heterocycles. The lowest BCUT2D eigenvalue weighted by Crippen LogP contribution is -2.30. The van der Waals surface area contributed by atoms with E-state index in [0.29, 0.717) is 77.6 Å². The number of ether oxygens (including phenoxy) is 3. The zero-order valence-electron chi connectivity index (χ0n) is 19.5. The van der Waals surface area contributed by atoms with Crippen molar-refractivity contribution in [3.05, 3.63) is 81.0 Å². The van der Waals surface area contributed by atoms with E-state index in [-0.39, 0.29) is 29.0 Å². The van der Waals surface area contributed by atoms with Crippen molar-refractivity contribution in [2.75, 3.05) is 6.61 Å². The van der Waals surface area contributed by atoms with E-state index >= 15 is 0 Å². The zero-order chi connectivity index (χ0) is 24.5. The number of hydrogen-bond acceptors (Lipinski definition) is 5. The van der Waals surface area contributed by atoms with Crippen molar-refractivity contribution in [2.24, 2.45) is 0 Å². The molecule has 182 valence electrons. The summed E-state index contributed by atoms with van der Waals surface area (Å²) < 4.78 is 32.0. The fraction of sp³-hybridized carbons (Fsp3) is 0.357. The molecule has 0 fully saturated rings. The number of benzene rings is 2. The van der Waals surface area contributed by atoms with Crippen molar-refractivity contribution in [1.29, 1.82) is 0 Å². The number of carbonyl (C=O) groups is 2. The van der Waals surface area contributed by atoms with Gasteiger partial charge in [0, 0.05) is 48.3 Å². The third kappa shape index (κ3) is 4.47. The van der Waals surface area contributed by atoms with Crippen LogP contribution in [0.5, 0.6) is 11.5 Å². The highest BCUT2D eigenvalue weighted by Crippen LogP contribution is 2.50. The SMILES string of the molecule is CCOc1cc(C2C3=C(CCCC3=O)OC3=C2C(=O)CCC3)cc(Cl)c1OCc1ccccc1F. The summed E-state index contributed by atoms with van der Waals surface area (Å²) in [7, 11) is 0. The fourth-order valence-corrected chi connectivity index (χ4v) is 5.35. The molecule has 5 rings (SSSR count). The molecule has 0 saturated carbocycles. The van der Waals surface area contributed by atoms with Crippen LogP contribution in [0.15, 0.2) is 59.1 Å². The summed E-state index contributed by atoms with van der Waals surface area (Å²) in [5.41, 5.74) is 2.17. The van der Waals surface area contributed by atoms with Crippen molar-refractivity contribution < 1.29 is 28.2 Å². The molecule has 0 radical (unpaired) electrons. The average Bonchev–Trinajstić information content (AvgIpc) is 2.84. The van der Waals surface area contributed by atoms with Crippen LogP contribution in [0.4, 0.5) is 4.39 Å². The lowest BCUT2D eigenvalue weighted by atomic mass is 9.73. The Labute approximate surface area is 208 Å². The number of halogens is 2. The van der Waals surface area contributed by atoms with Crippen molar-refractivity contribution in [2.45, 2.75) is 58.0 Å². The molecule has 5 nitrogen and oxygen atoms in total. The molecule has 0 spiro atoms. The molecule has 7 heteroatoms. The summed E-state index contributed by atoms with van der Waals surface area (Å²) in [6.07, 6.45) is 3.64. The van der Waals surface area contributed by atoms with Gasteiger partial charge in [0.25, 0.3) is 0 Å². The lowest BCUT2D eigenvalue weighted by molar-refractivity contribution is -0.117. The second kappa shape index (κ2) is 9.86. The van der Waals surface area contributed by atoms with E-state index in [0.717, 1.165) is 12.8 Å².